The Morgan fingerprint density at radius 2 is 2.09 bits per heavy atom. The van der Waals surface area contributed by atoms with Crippen LogP contribution >= 0.6 is 0 Å². The molecule has 2 atom stereocenters. The maximum Gasteiger partial charge on any atom is 0.221 e. The first-order chi connectivity index (χ1) is 10.7. The van der Waals surface area contributed by atoms with Crippen molar-refractivity contribution in [1.82, 2.24) is 15.5 Å². The summed E-state index contributed by atoms with van der Waals surface area (Å²) >= 11 is 0. The zero-order valence-electron chi connectivity index (χ0n) is 14.9. The Morgan fingerprint density at radius 3 is 2.57 bits per heavy atom. The molecule has 0 bridgehead atoms. The second-order valence-electron chi connectivity index (χ2n) is 7.33. The largest absolute Gasteiger partial charge is 0.467 e. The third-order valence-electron chi connectivity index (χ3n) is 4.17. The molecule has 23 heavy (non-hydrogen) atoms. The highest BCUT2D eigenvalue weighted by Crippen LogP contribution is 2.33. The molecule has 2 heterocycles. The van der Waals surface area contributed by atoms with Gasteiger partial charge in [-0.1, -0.05) is 27.7 Å². The molecule has 0 aromatic carbocycles. The molecule has 0 unspecified atom stereocenters. The Balaban J connectivity index is 2.08. The predicted molar refractivity (Wildman–Crippen MR) is 90.1 cm³/mol. The fourth-order valence-corrected chi connectivity index (χ4v) is 3.06. The van der Waals surface area contributed by atoms with Crippen LogP contribution in [0.1, 0.15) is 68.8 Å². The first kappa shape index (κ1) is 17.3. The van der Waals surface area contributed by atoms with Crippen LogP contribution in [0.3, 0.4) is 0 Å². The van der Waals surface area contributed by atoms with E-state index in [2.05, 4.69) is 43.2 Å². The van der Waals surface area contributed by atoms with E-state index in [1.165, 1.54) is 0 Å². The number of furan rings is 1. The number of amides is 1. The summed E-state index contributed by atoms with van der Waals surface area (Å²) in [4.78, 5) is 12.5. The molecule has 5 heteroatoms. The maximum absolute atomic E-state index is 12.5. The van der Waals surface area contributed by atoms with E-state index in [1.807, 2.05) is 26.0 Å². The Kier molecular flexibility index (Phi) is 4.97. The van der Waals surface area contributed by atoms with Crippen molar-refractivity contribution in [2.24, 2.45) is 5.41 Å². The molecule has 1 amide bonds. The Morgan fingerprint density at radius 1 is 1.39 bits per heavy atom. The van der Waals surface area contributed by atoms with E-state index >= 15 is 0 Å². The van der Waals surface area contributed by atoms with Gasteiger partial charge >= 0.3 is 0 Å². The second kappa shape index (κ2) is 6.60. The van der Waals surface area contributed by atoms with Crippen molar-refractivity contribution in [3.8, 4) is 0 Å². The molecule has 2 N–H and O–H groups in total. The van der Waals surface area contributed by atoms with Crippen molar-refractivity contribution in [2.75, 3.05) is 0 Å². The summed E-state index contributed by atoms with van der Waals surface area (Å²) < 4.78 is 5.51. The van der Waals surface area contributed by atoms with Crippen molar-refractivity contribution >= 4 is 5.91 Å². The lowest BCUT2D eigenvalue weighted by atomic mass is 9.85. The van der Waals surface area contributed by atoms with Crippen LogP contribution in [0.25, 0.3) is 0 Å². The van der Waals surface area contributed by atoms with Gasteiger partial charge in [0.2, 0.25) is 5.91 Å². The number of rotatable bonds is 5. The molecule has 0 aliphatic heterocycles. The summed E-state index contributed by atoms with van der Waals surface area (Å²) in [7, 11) is 0. The Labute approximate surface area is 137 Å². The summed E-state index contributed by atoms with van der Waals surface area (Å²) in [5.41, 5.74) is 2.99. The lowest BCUT2D eigenvalue weighted by Gasteiger charge is -2.30. The van der Waals surface area contributed by atoms with Crippen LogP contribution in [0.15, 0.2) is 22.8 Å². The number of carbonyl (C=O) groups excluding carboxylic acids is 1. The van der Waals surface area contributed by atoms with Gasteiger partial charge in [-0.15, -0.1) is 0 Å². The summed E-state index contributed by atoms with van der Waals surface area (Å²) in [5.74, 6) is 0.925. The number of aromatic nitrogens is 2. The van der Waals surface area contributed by atoms with Gasteiger partial charge in [0.05, 0.1) is 18.0 Å². The van der Waals surface area contributed by atoms with Crippen LogP contribution in [-0.2, 0) is 4.79 Å². The number of nitrogens with one attached hydrogen (secondary N) is 2. The molecule has 126 valence electrons. The number of nitrogens with zero attached hydrogens (tertiary/aromatic N) is 1. The number of aromatic amines is 1. The van der Waals surface area contributed by atoms with Crippen LogP contribution in [0.5, 0.6) is 0 Å². The molecule has 5 nitrogen and oxygen atoms in total. The van der Waals surface area contributed by atoms with Crippen LogP contribution in [0.2, 0.25) is 0 Å². The Bertz CT molecular complexity index is 631. The van der Waals surface area contributed by atoms with E-state index in [0.717, 1.165) is 22.7 Å². The average Bonchev–Trinajstić information content (AvgIpc) is 3.05. The molecule has 2 aromatic rings. The minimum Gasteiger partial charge on any atom is -0.467 e. The minimum atomic E-state index is -0.149. The van der Waals surface area contributed by atoms with Gasteiger partial charge in [-0.25, -0.2) is 0 Å². The summed E-state index contributed by atoms with van der Waals surface area (Å²) in [5, 5.41) is 10.3. The quantitative estimate of drug-likeness (QED) is 0.875. The fraction of sp³-hybridized carbons (Fsp3) is 0.556. The average molecular weight is 317 g/mol. The molecule has 2 rings (SSSR count). The van der Waals surface area contributed by atoms with Crippen LogP contribution in [0.4, 0.5) is 0 Å². The van der Waals surface area contributed by atoms with E-state index in [9.17, 15) is 4.79 Å². The first-order valence-electron chi connectivity index (χ1n) is 8.04. The van der Waals surface area contributed by atoms with Crippen molar-refractivity contribution in [3.05, 3.63) is 41.1 Å². The number of aryl methyl sites for hydroxylation is 2. The van der Waals surface area contributed by atoms with Crippen LogP contribution in [-0.4, -0.2) is 16.1 Å². The Hall–Kier alpha value is -2.04. The summed E-state index contributed by atoms with van der Waals surface area (Å²) in [6, 6.07) is 3.61. The van der Waals surface area contributed by atoms with E-state index in [4.69, 9.17) is 4.42 Å². The van der Waals surface area contributed by atoms with Gasteiger partial charge in [0, 0.05) is 12.1 Å². The summed E-state index contributed by atoms with van der Waals surface area (Å²) in [6.45, 7) is 12.3. The van der Waals surface area contributed by atoms with Gasteiger partial charge in [0.1, 0.15) is 5.76 Å². The molecule has 0 saturated carbocycles. The third kappa shape index (κ3) is 4.03. The topological polar surface area (TPSA) is 70.9 Å². The highest BCUT2D eigenvalue weighted by atomic mass is 16.3. The molecule has 2 aromatic heterocycles. The van der Waals surface area contributed by atoms with E-state index in [1.54, 1.807) is 6.26 Å². The SMILES string of the molecule is Cc1n[nH]c(C)c1[C@@H](C)CC(=O)N[C@@H](c1ccco1)C(C)(C)C. The highest BCUT2D eigenvalue weighted by Gasteiger charge is 2.30. The number of carbonyl (C=O) groups is 1. The smallest absolute Gasteiger partial charge is 0.221 e. The zero-order chi connectivity index (χ0) is 17.2. The minimum absolute atomic E-state index is 0.0221. The molecule has 0 spiro atoms. The van der Waals surface area contributed by atoms with Crippen LogP contribution in [0, 0.1) is 19.3 Å². The van der Waals surface area contributed by atoms with Crippen molar-refractivity contribution < 1.29 is 9.21 Å². The van der Waals surface area contributed by atoms with Gasteiger partial charge in [-0.2, -0.15) is 5.10 Å². The van der Waals surface area contributed by atoms with Crippen molar-refractivity contribution in [2.45, 2.75) is 59.9 Å². The van der Waals surface area contributed by atoms with Gasteiger partial charge < -0.3 is 9.73 Å². The third-order valence-corrected chi connectivity index (χ3v) is 4.17. The number of hydrogen-bond acceptors (Lipinski definition) is 3. The standard InChI is InChI=1S/C18H27N3O2/c1-11(16-12(2)20-21-13(16)3)10-15(22)19-17(18(4,5)6)14-8-7-9-23-14/h7-9,11,17H,10H2,1-6H3,(H,19,22)(H,20,21)/t11-,17-/m0/s1. The second-order valence-corrected chi connectivity index (χ2v) is 7.33. The van der Waals surface area contributed by atoms with Crippen LogP contribution < -0.4 is 5.32 Å². The highest BCUT2D eigenvalue weighted by molar-refractivity contribution is 5.77. The normalized spacial score (nSPS) is 14.5. The summed E-state index contributed by atoms with van der Waals surface area (Å²) in [6.07, 6.45) is 2.07. The zero-order valence-corrected chi connectivity index (χ0v) is 14.9. The van der Waals surface area contributed by atoms with Crippen molar-refractivity contribution in [3.63, 3.8) is 0 Å². The maximum atomic E-state index is 12.5. The molecule has 0 fully saturated rings. The molecular weight excluding hydrogens is 290 g/mol. The number of H-pyrrole nitrogens is 1. The predicted octanol–water partition coefficient (Wildman–Crippen LogP) is 4.02. The molecule has 0 aliphatic rings. The number of hydrogen-bond donors (Lipinski definition) is 2. The molecule has 0 radical (unpaired) electrons. The van der Waals surface area contributed by atoms with Gasteiger partial charge in [0.25, 0.3) is 0 Å². The molecule has 0 saturated heterocycles. The van der Waals surface area contributed by atoms with E-state index in [0.29, 0.717) is 6.42 Å². The van der Waals surface area contributed by atoms with Gasteiger partial charge in [0.15, 0.2) is 0 Å². The molecule has 0 aliphatic carbocycles. The lowest BCUT2D eigenvalue weighted by Crippen LogP contribution is -2.36. The van der Waals surface area contributed by atoms with E-state index in [-0.39, 0.29) is 23.3 Å². The first-order valence-corrected chi connectivity index (χ1v) is 8.04. The lowest BCUT2D eigenvalue weighted by molar-refractivity contribution is -0.123. The van der Waals surface area contributed by atoms with E-state index < -0.39 is 0 Å². The monoisotopic (exact) mass is 317 g/mol. The van der Waals surface area contributed by atoms with Gasteiger partial charge in [-0.05, 0) is 42.9 Å². The van der Waals surface area contributed by atoms with Crippen molar-refractivity contribution in [1.29, 1.82) is 0 Å². The fourth-order valence-electron chi connectivity index (χ4n) is 3.06. The van der Waals surface area contributed by atoms with Gasteiger partial charge in [-0.3, -0.25) is 9.89 Å². The molecular formula is C18H27N3O2.